The molecular formula is C16H12ClFN2O2. The van der Waals surface area contributed by atoms with Gasteiger partial charge in [0.15, 0.2) is 11.5 Å². The van der Waals surface area contributed by atoms with Gasteiger partial charge >= 0.3 is 0 Å². The van der Waals surface area contributed by atoms with Gasteiger partial charge in [0.05, 0.1) is 10.6 Å². The third-order valence-corrected chi connectivity index (χ3v) is 3.52. The van der Waals surface area contributed by atoms with Gasteiger partial charge in [0.2, 0.25) is 0 Å². The summed E-state index contributed by atoms with van der Waals surface area (Å²) >= 11 is 5.86. The fourth-order valence-electron chi connectivity index (χ4n) is 2.18. The molecule has 4 nitrogen and oxygen atoms in total. The first-order valence-corrected chi connectivity index (χ1v) is 7.00. The van der Waals surface area contributed by atoms with Crippen molar-refractivity contribution in [2.45, 2.75) is 13.5 Å². The Hall–Kier alpha value is -2.40. The average molecular weight is 319 g/mol. The van der Waals surface area contributed by atoms with Gasteiger partial charge in [0, 0.05) is 13.5 Å². The number of nitrogens with one attached hydrogen (secondary N) is 1. The Morgan fingerprint density at radius 2 is 2.18 bits per heavy atom. The van der Waals surface area contributed by atoms with Crippen molar-refractivity contribution in [3.63, 3.8) is 0 Å². The molecule has 1 N–H and O–H groups in total. The van der Waals surface area contributed by atoms with Crippen LogP contribution in [-0.2, 0) is 6.54 Å². The summed E-state index contributed by atoms with van der Waals surface area (Å²) in [5, 5.41) is 2.73. The number of aromatic nitrogens is 1. The third-order valence-electron chi connectivity index (χ3n) is 3.20. The van der Waals surface area contributed by atoms with Gasteiger partial charge in [-0.25, -0.2) is 9.37 Å². The fourth-order valence-corrected chi connectivity index (χ4v) is 2.43. The van der Waals surface area contributed by atoms with Crippen LogP contribution in [0.1, 0.15) is 21.8 Å². The van der Waals surface area contributed by atoms with Gasteiger partial charge in [0.25, 0.3) is 5.91 Å². The van der Waals surface area contributed by atoms with Crippen LogP contribution in [0, 0.1) is 12.7 Å². The SMILES string of the molecule is Cc1nc2ccc(CNC(=O)c3c(F)cccc3Cl)cc2o1. The second-order valence-corrected chi connectivity index (χ2v) is 5.22. The number of hydrogen-bond donors (Lipinski definition) is 1. The zero-order valence-corrected chi connectivity index (χ0v) is 12.4. The predicted molar refractivity (Wildman–Crippen MR) is 81.3 cm³/mol. The molecule has 0 aliphatic heterocycles. The molecule has 3 aromatic rings. The summed E-state index contributed by atoms with van der Waals surface area (Å²) < 4.78 is 19.1. The molecule has 112 valence electrons. The zero-order chi connectivity index (χ0) is 15.7. The highest BCUT2D eigenvalue weighted by atomic mass is 35.5. The second kappa shape index (κ2) is 5.77. The maximum atomic E-state index is 13.7. The molecule has 0 saturated carbocycles. The Kier molecular flexibility index (Phi) is 3.81. The predicted octanol–water partition coefficient (Wildman–Crippen LogP) is 3.86. The van der Waals surface area contributed by atoms with Gasteiger partial charge in [-0.15, -0.1) is 0 Å². The summed E-state index contributed by atoms with van der Waals surface area (Å²) in [4.78, 5) is 16.3. The Morgan fingerprint density at radius 3 is 2.95 bits per heavy atom. The Labute approximate surface area is 130 Å². The molecule has 0 aliphatic carbocycles. The Bertz CT molecular complexity index is 840. The van der Waals surface area contributed by atoms with Crippen LogP contribution in [0.5, 0.6) is 0 Å². The summed E-state index contributed by atoms with van der Waals surface area (Å²) in [5.41, 5.74) is 2.07. The monoisotopic (exact) mass is 318 g/mol. The molecule has 0 unspecified atom stereocenters. The van der Waals surface area contributed by atoms with Crippen LogP contribution in [-0.4, -0.2) is 10.9 Å². The van der Waals surface area contributed by atoms with Crippen molar-refractivity contribution in [1.29, 1.82) is 0 Å². The minimum Gasteiger partial charge on any atom is -0.441 e. The van der Waals surface area contributed by atoms with E-state index in [1.54, 1.807) is 13.0 Å². The molecular weight excluding hydrogens is 307 g/mol. The molecule has 1 aromatic heterocycles. The largest absolute Gasteiger partial charge is 0.441 e. The van der Waals surface area contributed by atoms with E-state index in [0.717, 1.165) is 11.1 Å². The summed E-state index contributed by atoms with van der Waals surface area (Å²) in [6, 6.07) is 9.55. The molecule has 0 radical (unpaired) electrons. The van der Waals surface area contributed by atoms with Crippen LogP contribution >= 0.6 is 11.6 Å². The minimum absolute atomic E-state index is 0.0822. The van der Waals surface area contributed by atoms with Crippen molar-refractivity contribution >= 4 is 28.6 Å². The lowest BCUT2D eigenvalue weighted by Crippen LogP contribution is -2.24. The van der Waals surface area contributed by atoms with E-state index in [1.807, 2.05) is 12.1 Å². The molecule has 22 heavy (non-hydrogen) atoms. The van der Waals surface area contributed by atoms with Crippen LogP contribution < -0.4 is 5.32 Å². The molecule has 3 rings (SSSR count). The van der Waals surface area contributed by atoms with Crippen LogP contribution in [0.25, 0.3) is 11.1 Å². The number of aryl methyl sites for hydroxylation is 1. The summed E-state index contributed by atoms with van der Waals surface area (Å²) in [7, 11) is 0. The van der Waals surface area contributed by atoms with Crippen molar-refractivity contribution in [2.75, 3.05) is 0 Å². The summed E-state index contributed by atoms with van der Waals surface area (Å²) in [6.45, 7) is 2.00. The van der Waals surface area contributed by atoms with E-state index in [1.165, 1.54) is 18.2 Å². The van der Waals surface area contributed by atoms with E-state index in [4.69, 9.17) is 16.0 Å². The third kappa shape index (κ3) is 2.80. The molecule has 0 bridgehead atoms. The van der Waals surface area contributed by atoms with Crippen molar-refractivity contribution in [3.05, 3.63) is 64.3 Å². The summed E-state index contributed by atoms with van der Waals surface area (Å²) in [6.07, 6.45) is 0. The number of halogens is 2. The molecule has 1 heterocycles. The van der Waals surface area contributed by atoms with Gasteiger partial charge in [-0.3, -0.25) is 4.79 Å². The fraction of sp³-hybridized carbons (Fsp3) is 0.125. The molecule has 6 heteroatoms. The van der Waals surface area contributed by atoms with E-state index in [0.29, 0.717) is 11.5 Å². The number of rotatable bonds is 3. The van der Waals surface area contributed by atoms with E-state index in [2.05, 4.69) is 10.3 Å². The number of amides is 1. The second-order valence-electron chi connectivity index (χ2n) is 4.81. The summed E-state index contributed by atoms with van der Waals surface area (Å²) in [5.74, 6) is -0.627. The number of nitrogens with zero attached hydrogens (tertiary/aromatic N) is 1. The molecule has 2 aromatic carbocycles. The number of carbonyl (C=O) groups excluding carboxylic acids is 1. The molecule has 0 aliphatic rings. The van der Waals surface area contributed by atoms with Crippen molar-refractivity contribution < 1.29 is 13.6 Å². The van der Waals surface area contributed by atoms with Crippen LogP contribution in [0.4, 0.5) is 4.39 Å². The number of carbonyl (C=O) groups is 1. The normalized spacial score (nSPS) is 10.9. The quantitative estimate of drug-likeness (QED) is 0.798. The topological polar surface area (TPSA) is 55.1 Å². The average Bonchev–Trinajstić information content (AvgIpc) is 2.84. The van der Waals surface area contributed by atoms with Crippen molar-refractivity contribution in [1.82, 2.24) is 10.3 Å². The number of benzene rings is 2. The first-order valence-electron chi connectivity index (χ1n) is 6.63. The minimum atomic E-state index is -0.647. The first kappa shape index (κ1) is 14.5. The maximum absolute atomic E-state index is 13.7. The van der Waals surface area contributed by atoms with Gasteiger partial charge in [-0.05, 0) is 29.8 Å². The highest BCUT2D eigenvalue weighted by Crippen LogP contribution is 2.20. The smallest absolute Gasteiger partial charge is 0.256 e. The molecule has 1 amide bonds. The van der Waals surface area contributed by atoms with Gasteiger partial charge in [-0.1, -0.05) is 23.7 Å². The standard InChI is InChI=1S/C16H12ClFN2O2/c1-9-20-13-6-5-10(7-14(13)22-9)8-19-16(21)15-11(17)3-2-4-12(15)18/h2-7H,8H2,1H3,(H,19,21). The Balaban J connectivity index is 1.77. The van der Waals surface area contributed by atoms with Crippen LogP contribution in [0.2, 0.25) is 5.02 Å². The number of fused-ring (bicyclic) bond motifs is 1. The van der Waals surface area contributed by atoms with Crippen molar-refractivity contribution in [2.24, 2.45) is 0 Å². The van der Waals surface area contributed by atoms with Crippen LogP contribution in [0.3, 0.4) is 0 Å². The molecule has 0 spiro atoms. The van der Waals surface area contributed by atoms with E-state index < -0.39 is 11.7 Å². The Morgan fingerprint density at radius 1 is 1.36 bits per heavy atom. The molecule has 0 atom stereocenters. The van der Waals surface area contributed by atoms with E-state index in [9.17, 15) is 9.18 Å². The van der Waals surface area contributed by atoms with Gasteiger partial charge in [-0.2, -0.15) is 0 Å². The highest BCUT2D eigenvalue weighted by Gasteiger charge is 2.15. The molecule has 0 saturated heterocycles. The maximum Gasteiger partial charge on any atom is 0.256 e. The van der Waals surface area contributed by atoms with E-state index >= 15 is 0 Å². The molecule has 0 fully saturated rings. The lowest BCUT2D eigenvalue weighted by molar-refractivity contribution is 0.0947. The lowest BCUT2D eigenvalue weighted by atomic mass is 10.1. The lowest BCUT2D eigenvalue weighted by Gasteiger charge is -2.07. The number of hydrogen-bond acceptors (Lipinski definition) is 3. The zero-order valence-electron chi connectivity index (χ0n) is 11.7. The van der Waals surface area contributed by atoms with Crippen LogP contribution in [0.15, 0.2) is 40.8 Å². The first-order chi connectivity index (χ1) is 10.5. The number of oxazole rings is 1. The van der Waals surface area contributed by atoms with Gasteiger partial charge < -0.3 is 9.73 Å². The van der Waals surface area contributed by atoms with E-state index in [-0.39, 0.29) is 17.1 Å². The highest BCUT2D eigenvalue weighted by molar-refractivity contribution is 6.33. The van der Waals surface area contributed by atoms with Gasteiger partial charge in [0.1, 0.15) is 11.3 Å². The van der Waals surface area contributed by atoms with Crippen molar-refractivity contribution in [3.8, 4) is 0 Å².